The number of tetrazole rings is 1. The van der Waals surface area contributed by atoms with Gasteiger partial charge in [-0.1, -0.05) is 18.5 Å². The summed E-state index contributed by atoms with van der Waals surface area (Å²) in [6, 6.07) is 9.78. The second kappa shape index (κ2) is 8.50. The maximum absolute atomic E-state index is 12.5. The summed E-state index contributed by atoms with van der Waals surface area (Å²) >= 11 is 6.24. The quantitative estimate of drug-likeness (QED) is 0.453. The summed E-state index contributed by atoms with van der Waals surface area (Å²) in [6.07, 6.45) is 2.29. The van der Waals surface area contributed by atoms with Gasteiger partial charge in [-0.05, 0) is 53.2 Å². The van der Waals surface area contributed by atoms with E-state index in [0.29, 0.717) is 23.9 Å². The molecule has 140 valence electrons. The first-order chi connectivity index (χ1) is 13.1. The zero-order valence-corrected chi connectivity index (χ0v) is 15.5. The Bertz CT molecular complexity index is 914. The number of carbonyl (C=O) groups is 1. The normalized spacial score (nSPS) is 10.5. The van der Waals surface area contributed by atoms with E-state index in [0.717, 1.165) is 12.1 Å². The first-order valence-electron chi connectivity index (χ1n) is 8.18. The Labute approximate surface area is 160 Å². The van der Waals surface area contributed by atoms with Gasteiger partial charge in [-0.2, -0.15) is 0 Å². The molecule has 0 fully saturated rings. The van der Waals surface area contributed by atoms with E-state index in [-0.39, 0.29) is 10.6 Å². The van der Waals surface area contributed by atoms with Gasteiger partial charge in [0, 0.05) is 0 Å². The van der Waals surface area contributed by atoms with Gasteiger partial charge in [-0.15, -0.1) is 5.10 Å². The molecule has 8 nitrogen and oxygen atoms in total. The van der Waals surface area contributed by atoms with Crippen LogP contribution in [0.15, 0.2) is 42.7 Å². The Morgan fingerprint density at radius 3 is 2.63 bits per heavy atom. The molecule has 0 N–H and O–H groups in total. The van der Waals surface area contributed by atoms with Crippen LogP contribution < -0.4 is 14.2 Å². The van der Waals surface area contributed by atoms with Crippen LogP contribution in [0, 0.1) is 0 Å². The highest BCUT2D eigenvalue weighted by molar-refractivity contribution is 6.32. The van der Waals surface area contributed by atoms with E-state index >= 15 is 0 Å². The van der Waals surface area contributed by atoms with Crippen molar-refractivity contribution in [3.63, 3.8) is 0 Å². The summed E-state index contributed by atoms with van der Waals surface area (Å²) in [5.41, 5.74) is 0.993. The predicted octanol–water partition coefficient (Wildman–Crippen LogP) is 3.33. The molecule has 2 aromatic carbocycles. The van der Waals surface area contributed by atoms with Crippen molar-refractivity contribution in [1.29, 1.82) is 0 Å². The van der Waals surface area contributed by atoms with Crippen LogP contribution in [0.25, 0.3) is 5.69 Å². The number of ether oxygens (including phenoxy) is 3. The topological polar surface area (TPSA) is 88.4 Å². The summed E-state index contributed by atoms with van der Waals surface area (Å²) in [6.45, 7) is 2.48. The van der Waals surface area contributed by atoms with E-state index in [1.807, 2.05) is 6.92 Å². The number of benzene rings is 2. The van der Waals surface area contributed by atoms with Gasteiger partial charge in [0.2, 0.25) is 0 Å². The summed E-state index contributed by atoms with van der Waals surface area (Å²) < 4.78 is 17.7. The van der Waals surface area contributed by atoms with Crippen LogP contribution in [0.1, 0.15) is 23.7 Å². The molecular weight excluding hydrogens is 372 g/mol. The van der Waals surface area contributed by atoms with Crippen LogP contribution in [0.5, 0.6) is 17.2 Å². The van der Waals surface area contributed by atoms with Crippen molar-refractivity contribution >= 4 is 17.6 Å². The zero-order valence-electron chi connectivity index (χ0n) is 14.8. The largest absolute Gasteiger partial charge is 0.493 e. The lowest BCUT2D eigenvalue weighted by Crippen LogP contribution is -2.09. The average molecular weight is 389 g/mol. The number of rotatable bonds is 7. The van der Waals surface area contributed by atoms with Gasteiger partial charge in [-0.3, -0.25) is 0 Å². The van der Waals surface area contributed by atoms with E-state index in [4.69, 9.17) is 25.8 Å². The molecule has 1 aromatic heterocycles. The number of halogens is 1. The molecule has 0 saturated carbocycles. The van der Waals surface area contributed by atoms with Crippen molar-refractivity contribution in [2.75, 3.05) is 13.7 Å². The van der Waals surface area contributed by atoms with Crippen LogP contribution in [0.2, 0.25) is 5.02 Å². The fourth-order valence-electron chi connectivity index (χ4n) is 2.29. The smallest absolute Gasteiger partial charge is 0.343 e. The number of nitrogens with zero attached hydrogens (tertiary/aromatic N) is 4. The highest BCUT2D eigenvalue weighted by Gasteiger charge is 2.17. The average Bonchev–Trinajstić information content (AvgIpc) is 3.21. The van der Waals surface area contributed by atoms with Gasteiger partial charge in [0.1, 0.15) is 12.1 Å². The summed E-state index contributed by atoms with van der Waals surface area (Å²) in [4.78, 5) is 12.5. The summed E-state index contributed by atoms with van der Waals surface area (Å²) in [7, 11) is 1.48. The molecule has 0 saturated heterocycles. The Balaban J connectivity index is 1.76. The van der Waals surface area contributed by atoms with E-state index in [1.165, 1.54) is 30.3 Å². The molecule has 0 amide bonds. The van der Waals surface area contributed by atoms with Gasteiger partial charge in [0.25, 0.3) is 0 Å². The number of methoxy groups -OCH3 is 1. The summed E-state index contributed by atoms with van der Waals surface area (Å²) in [5.74, 6) is 0.589. The van der Waals surface area contributed by atoms with Crippen LogP contribution in [-0.4, -0.2) is 39.9 Å². The molecule has 0 radical (unpaired) electrons. The van der Waals surface area contributed by atoms with E-state index in [9.17, 15) is 4.79 Å². The van der Waals surface area contributed by atoms with Crippen molar-refractivity contribution in [2.45, 2.75) is 13.3 Å². The third-order valence-corrected chi connectivity index (χ3v) is 3.86. The maximum atomic E-state index is 12.5. The molecule has 9 heteroatoms. The standard InChI is InChI=1S/C18H17ClN4O4/c1-3-8-26-17-15(19)9-12(10-16(17)25-2)18(24)27-14-6-4-13(5-7-14)23-11-20-21-22-23/h4-7,9-11H,3,8H2,1-2H3. The van der Waals surface area contributed by atoms with Crippen LogP contribution in [0.4, 0.5) is 0 Å². The molecular formula is C18H17ClN4O4. The third kappa shape index (κ3) is 4.35. The first-order valence-corrected chi connectivity index (χ1v) is 8.56. The third-order valence-electron chi connectivity index (χ3n) is 3.58. The van der Waals surface area contributed by atoms with Crippen LogP contribution >= 0.6 is 11.6 Å². The number of hydrogen-bond acceptors (Lipinski definition) is 7. The molecule has 0 aliphatic rings. The van der Waals surface area contributed by atoms with E-state index in [2.05, 4.69) is 15.5 Å². The monoisotopic (exact) mass is 388 g/mol. The Morgan fingerprint density at radius 1 is 1.22 bits per heavy atom. The number of carbonyl (C=O) groups excluding carboxylic acids is 1. The van der Waals surface area contributed by atoms with Crippen LogP contribution in [-0.2, 0) is 0 Å². The fourth-order valence-corrected chi connectivity index (χ4v) is 2.56. The molecule has 0 bridgehead atoms. The Kier molecular flexibility index (Phi) is 5.87. The van der Waals surface area contributed by atoms with Gasteiger partial charge in [0.15, 0.2) is 11.5 Å². The number of aromatic nitrogens is 4. The van der Waals surface area contributed by atoms with Crippen molar-refractivity contribution < 1.29 is 19.0 Å². The summed E-state index contributed by atoms with van der Waals surface area (Å²) in [5, 5.41) is 11.2. The van der Waals surface area contributed by atoms with Gasteiger partial charge < -0.3 is 14.2 Å². The zero-order chi connectivity index (χ0) is 19.2. The lowest BCUT2D eigenvalue weighted by molar-refractivity contribution is 0.0734. The van der Waals surface area contributed by atoms with Gasteiger partial charge in [-0.25, -0.2) is 9.48 Å². The van der Waals surface area contributed by atoms with Crippen molar-refractivity contribution in [3.05, 3.63) is 53.3 Å². The lowest BCUT2D eigenvalue weighted by Gasteiger charge is -2.13. The highest BCUT2D eigenvalue weighted by atomic mass is 35.5. The number of esters is 1. The second-order valence-corrected chi connectivity index (χ2v) is 5.88. The van der Waals surface area contributed by atoms with E-state index < -0.39 is 5.97 Å². The molecule has 0 unspecified atom stereocenters. The minimum absolute atomic E-state index is 0.255. The molecule has 3 aromatic rings. The van der Waals surface area contributed by atoms with Gasteiger partial charge in [0.05, 0.1) is 30.0 Å². The van der Waals surface area contributed by atoms with Crippen molar-refractivity contribution in [1.82, 2.24) is 20.2 Å². The minimum atomic E-state index is -0.563. The minimum Gasteiger partial charge on any atom is -0.493 e. The fraction of sp³-hybridized carbons (Fsp3) is 0.222. The Hall–Kier alpha value is -3.13. The van der Waals surface area contributed by atoms with Gasteiger partial charge >= 0.3 is 5.97 Å². The molecule has 27 heavy (non-hydrogen) atoms. The SMILES string of the molecule is CCCOc1c(Cl)cc(C(=O)Oc2ccc(-n3cnnn3)cc2)cc1OC. The van der Waals surface area contributed by atoms with Crippen LogP contribution in [0.3, 0.4) is 0 Å². The predicted molar refractivity (Wildman–Crippen MR) is 97.9 cm³/mol. The second-order valence-electron chi connectivity index (χ2n) is 5.48. The van der Waals surface area contributed by atoms with E-state index in [1.54, 1.807) is 24.3 Å². The van der Waals surface area contributed by atoms with Crippen molar-refractivity contribution in [3.8, 4) is 22.9 Å². The molecule has 0 aliphatic carbocycles. The number of hydrogen-bond donors (Lipinski definition) is 0. The first kappa shape index (κ1) is 18.7. The molecule has 1 heterocycles. The molecule has 0 aliphatic heterocycles. The highest BCUT2D eigenvalue weighted by Crippen LogP contribution is 2.36. The maximum Gasteiger partial charge on any atom is 0.343 e. The molecule has 0 atom stereocenters. The molecule has 3 rings (SSSR count). The lowest BCUT2D eigenvalue weighted by atomic mass is 10.2. The molecule has 0 spiro atoms. The van der Waals surface area contributed by atoms with Crippen molar-refractivity contribution in [2.24, 2.45) is 0 Å². The Morgan fingerprint density at radius 2 is 2.00 bits per heavy atom.